The van der Waals surface area contributed by atoms with Gasteiger partial charge in [0.2, 0.25) is 0 Å². The lowest BCUT2D eigenvalue weighted by Gasteiger charge is -2.25. The van der Waals surface area contributed by atoms with Gasteiger partial charge in [0, 0.05) is 6.54 Å². The van der Waals surface area contributed by atoms with Gasteiger partial charge in [-0.2, -0.15) is 0 Å². The van der Waals surface area contributed by atoms with Gasteiger partial charge in [0.1, 0.15) is 0 Å². The third kappa shape index (κ3) is 3.01. The molecule has 1 heterocycles. The average Bonchev–Trinajstić information content (AvgIpc) is 2.60. The first kappa shape index (κ1) is 13.1. The first-order valence-electron chi connectivity index (χ1n) is 5.95. The Labute approximate surface area is 97.4 Å². The molecule has 0 aliphatic rings. The van der Waals surface area contributed by atoms with E-state index >= 15 is 0 Å². The zero-order valence-electron chi connectivity index (χ0n) is 10.9. The number of nitrogens with two attached hydrogens (primary N) is 1. The molecule has 0 aromatic carbocycles. The van der Waals surface area contributed by atoms with Crippen LogP contribution in [0.4, 0.5) is 0 Å². The van der Waals surface area contributed by atoms with E-state index in [1.807, 2.05) is 11.6 Å². The van der Waals surface area contributed by atoms with Crippen LogP contribution >= 0.6 is 0 Å². The van der Waals surface area contributed by atoms with Crippen LogP contribution in [0.25, 0.3) is 0 Å². The fraction of sp³-hybridized carbons (Fsp3) is 0.909. The molecule has 1 aromatic heterocycles. The van der Waals surface area contributed by atoms with Gasteiger partial charge in [-0.05, 0) is 35.1 Å². The Kier molecular flexibility index (Phi) is 4.41. The molecular weight excluding hydrogens is 202 g/mol. The molecule has 5 heteroatoms. The Morgan fingerprint density at radius 3 is 2.12 bits per heavy atom. The third-order valence-corrected chi connectivity index (χ3v) is 3.06. The minimum Gasteiger partial charge on any atom is -0.322 e. The van der Waals surface area contributed by atoms with Crippen molar-refractivity contribution in [1.82, 2.24) is 20.2 Å². The molecule has 2 N–H and O–H groups in total. The number of tetrazole rings is 1. The lowest BCUT2D eigenvalue weighted by atomic mass is 9.85. The normalized spacial score (nSPS) is 14.1. The molecule has 0 aliphatic heterocycles. The zero-order chi connectivity index (χ0) is 12.3. The van der Waals surface area contributed by atoms with Crippen LogP contribution in [0.15, 0.2) is 0 Å². The van der Waals surface area contributed by atoms with Crippen molar-refractivity contribution in [3.63, 3.8) is 0 Å². The van der Waals surface area contributed by atoms with E-state index < -0.39 is 0 Å². The Morgan fingerprint density at radius 2 is 1.69 bits per heavy atom. The maximum Gasteiger partial charge on any atom is 0.167 e. The van der Waals surface area contributed by atoms with Gasteiger partial charge in [-0.3, -0.25) is 0 Å². The van der Waals surface area contributed by atoms with Gasteiger partial charge in [0.25, 0.3) is 0 Å². The van der Waals surface area contributed by atoms with E-state index in [1.54, 1.807) is 0 Å². The van der Waals surface area contributed by atoms with Gasteiger partial charge < -0.3 is 5.73 Å². The summed E-state index contributed by atoms with van der Waals surface area (Å²) < 4.78 is 1.84. The van der Waals surface area contributed by atoms with Gasteiger partial charge in [-0.1, -0.05) is 27.7 Å². The Hall–Kier alpha value is -0.970. The van der Waals surface area contributed by atoms with Crippen molar-refractivity contribution in [3.8, 4) is 0 Å². The summed E-state index contributed by atoms with van der Waals surface area (Å²) >= 11 is 0. The van der Waals surface area contributed by atoms with Crippen LogP contribution in [-0.2, 0) is 6.54 Å². The van der Waals surface area contributed by atoms with Crippen molar-refractivity contribution in [3.05, 3.63) is 5.82 Å². The Morgan fingerprint density at radius 1 is 1.12 bits per heavy atom. The fourth-order valence-electron chi connectivity index (χ4n) is 2.06. The number of rotatable bonds is 5. The highest BCUT2D eigenvalue weighted by molar-refractivity contribution is 4.88. The van der Waals surface area contributed by atoms with Gasteiger partial charge in [-0.25, -0.2) is 4.68 Å². The number of hydrogen-bond donors (Lipinski definition) is 1. The second-order valence-electron chi connectivity index (χ2n) is 5.16. The maximum atomic E-state index is 5.82. The van der Waals surface area contributed by atoms with Crippen LogP contribution in [0.1, 0.15) is 46.5 Å². The highest BCUT2D eigenvalue weighted by atomic mass is 15.5. The Bertz CT molecular complexity index is 308. The van der Waals surface area contributed by atoms with Crippen LogP contribution in [0.2, 0.25) is 0 Å². The largest absolute Gasteiger partial charge is 0.322 e. The lowest BCUT2D eigenvalue weighted by Crippen LogP contribution is -2.25. The van der Waals surface area contributed by atoms with E-state index in [0.717, 1.165) is 12.4 Å². The molecule has 0 saturated heterocycles. The molecule has 0 aliphatic carbocycles. The molecule has 1 rings (SSSR count). The van der Waals surface area contributed by atoms with Crippen LogP contribution in [0, 0.1) is 17.8 Å². The van der Waals surface area contributed by atoms with E-state index in [2.05, 4.69) is 43.2 Å². The quantitative estimate of drug-likeness (QED) is 0.826. The second-order valence-corrected chi connectivity index (χ2v) is 5.16. The van der Waals surface area contributed by atoms with E-state index in [4.69, 9.17) is 5.73 Å². The van der Waals surface area contributed by atoms with Crippen molar-refractivity contribution >= 4 is 0 Å². The summed E-state index contributed by atoms with van der Waals surface area (Å²) in [6.07, 6.45) is 0. The first-order valence-corrected chi connectivity index (χ1v) is 5.95. The number of aromatic nitrogens is 4. The van der Waals surface area contributed by atoms with Crippen molar-refractivity contribution in [2.45, 2.75) is 47.2 Å². The van der Waals surface area contributed by atoms with Gasteiger partial charge in [-0.15, -0.1) is 5.10 Å². The molecule has 16 heavy (non-hydrogen) atoms. The summed E-state index contributed by atoms with van der Waals surface area (Å²) in [7, 11) is 0. The predicted molar refractivity (Wildman–Crippen MR) is 63.6 cm³/mol. The third-order valence-electron chi connectivity index (χ3n) is 3.06. The molecular formula is C11H23N5. The van der Waals surface area contributed by atoms with Gasteiger partial charge in [0.15, 0.2) is 5.82 Å². The molecule has 0 fully saturated rings. The molecule has 5 nitrogen and oxygen atoms in total. The fourth-order valence-corrected chi connectivity index (χ4v) is 2.06. The minimum absolute atomic E-state index is 0.116. The molecule has 1 atom stereocenters. The summed E-state index contributed by atoms with van der Waals surface area (Å²) in [5.41, 5.74) is 5.82. The van der Waals surface area contributed by atoms with Crippen molar-refractivity contribution in [2.24, 2.45) is 23.5 Å². The standard InChI is InChI=1S/C11H23N5/c1-7(2)10(8(3)4)6-16-11(9(5)12)13-14-15-16/h7-10H,6,12H2,1-5H3. The monoisotopic (exact) mass is 225 g/mol. The van der Waals surface area contributed by atoms with Crippen LogP contribution in [0.5, 0.6) is 0 Å². The summed E-state index contributed by atoms with van der Waals surface area (Å²) in [5.74, 6) is 2.57. The number of hydrogen-bond acceptors (Lipinski definition) is 4. The predicted octanol–water partition coefficient (Wildman–Crippen LogP) is 1.62. The second kappa shape index (κ2) is 5.39. The van der Waals surface area contributed by atoms with Gasteiger partial charge in [0.05, 0.1) is 6.04 Å². The maximum absolute atomic E-state index is 5.82. The zero-order valence-corrected chi connectivity index (χ0v) is 10.9. The summed E-state index contributed by atoms with van der Waals surface area (Å²) in [4.78, 5) is 0. The molecule has 0 radical (unpaired) electrons. The average molecular weight is 225 g/mol. The molecule has 0 bridgehead atoms. The van der Waals surface area contributed by atoms with Crippen molar-refractivity contribution in [1.29, 1.82) is 0 Å². The smallest absolute Gasteiger partial charge is 0.167 e. The van der Waals surface area contributed by atoms with Crippen LogP contribution in [0.3, 0.4) is 0 Å². The SMILES string of the molecule is CC(N)c1nnnn1CC(C(C)C)C(C)C. The minimum atomic E-state index is -0.116. The molecule has 0 amide bonds. The molecule has 1 unspecified atom stereocenters. The topological polar surface area (TPSA) is 69.6 Å². The van der Waals surface area contributed by atoms with Crippen molar-refractivity contribution < 1.29 is 0 Å². The van der Waals surface area contributed by atoms with Crippen LogP contribution in [-0.4, -0.2) is 20.2 Å². The summed E-state index contributed by atoms with van der Waals surface area (Å²) in [6, 6.07) is -0.116. The van der Waals surface area contributed by atoms with Crippen LogP contribution < -0.4 is 5.73 Å². The summed E-state index contributed by atoms with van der Waals surface area (Å²) in [5, 5.41) is 11.7. The molecule has 92 valence electrons. The summed E-state index contributed by atoms with van der Waals surface area (Å²) in [6.45, 7) is 11.7. The lowest BCUT2D eigenvalue weighted by molar-refractivity contribution is 0.237. The Balaban J connectivity index is 2.81. The van der Waals surface area contributed by atoms with E-state index in [0.29, 0.717) is 17.8 Å². The molecule has 0 spiro atoms. The van der Waals surface area contributed by atoms with Crippen molar-refractivity contribution in [2.75, 3.05) is 0 Å². The molecule has 0 saturated carbocycles. The van der Waals surface area contributed by atoms with E-state index in [-0.39, 0.29) is 6.04 Å². The highest BCUT2D eigenvalue weighted by Crippen LogP contribution is 2.22. The van der Waals surface area contributed by atoms with E-state index in [9.17, 15) is 0 Å². The van der Waals surface area contributed by atoms with Gasteiger partial charge >= 0.3 is 0 Å². The first-order chi connectivity index (χ1) is 7.43. The number of nitrogens with zero attached hydrogens (tertiary/aromatic N) is 4. The highest BCUT2D eigenvalue weighted by Gasteiger charge is 2.21. The molecule has 1 aromatic rings. The van der Waals surface area contributed by atoms with E-state index in [1.165, 1.54) is 0 Å².